The van der Waals surface area contributed by atoms with E-state index < -0.39 is 28.3 Å². The Balaban J connectivity index is 2.02. The quantitative estimate of drug-likeness (QED) is 0.444. The van der Waals surface area contributed by atoms with Crippen LogP contribution in [0.5, 0.6) is 0 Å². The second kappa shape index (κ2) is 8.81. The molecule has 0 saturated carbocycles. The fourth-order valence-electron chi connectivity index (χ4n) is 2.04. The summed E-state index contributed by atoms with van der Waals surface area (Å²) in [5.74, 6) is -1.11. The van der Waals surface area contributed by atoms with Gasteiger partial charge in [0.05, 0.1) is 18.2 Å². The number of carbonyl (C=O) groups is 1. The molecule has 0 radical (unpaired) electrons. The third-order valence-corrected chi connectivity index (χ3v) is 5.20. The van der Waals surface area contributed by atoms with Crippen molar-refractivity contribution in [1.29, 1.82) is 0 Å². The lowest BCUT2D eigenvalue weighted by atomic mass is 10.2. The summed E-state index contributed by atoms with van der Waals surface area (Å²) in [5, 5.41) is 3.83. The van der Waals surface area contributed by atoms with Crippen LogP contribution in [0.15, 0.2) is 58.5 Å². The first-order valence-electron chi connectivity index (χ1n) is 7.49. The van der Waals surface area contributed by atoms with Crippen molar-refractivity contribution in [2.45, 2.75) is 4.90 Å². The Morgan fingerprint density at radius 1 is 1.19 bits per heavy atom. The van der Waals surface area contributed by atoms with Crippen LogP contribution in [-0.2, 0) is 14.8 Å². The molecule has 2 aromatic rings. The van der Waals surface area contributed by atoms with Crippen LogP contribution in [0, 0.1) is 5.82 Å². The normalized spacial score (nSPS) is 11.5. The zero-order chi connectivity index (χ0) is 19.2. The number of hydrazone groups is 1. The number of hydrogen-bond donors (Lipinski definition) is 1. The lowest BCUT2D eigenvalue weighted by Gasteiger charge is -2.21. The molecule has 0 saturated heterocycles. The zero-order valence-electron chi connectivity index (χ0n) is 14.2. The van der Waals surface area contributed by atoms with E-state index in [0.717, 1.165) is 33.2 Å². The van der Waals surface area contributed by atoms with E-state index in [9.17, 15) is 17.6 Å². The van der Waals surface area contributed by atoms with Gasteiger partial charge in [-0.15, -0.1) is 11.8 Å². The molecule has 6 nitrogen and oxygen atoms in total. The van der Waals surface area contributed by atoms with Crippen LogP contribution < -0.4 is 9.73 Å². The number of halogens is 1. The molecule has 0 aromatic heterocycles. The first-order valence-corrected chi connectivity index (χ1v) is 10.6. The lowest BCUT2D eigenvalue weighted by Crippen LogP contribution is -2.39. The van der Waals surface area contributed by atoms with Gasteiger partial charge in [0.15, 0.2) is 0 Å². The summed E-state index contributed by atoms with van der Waals surface area (Å²) in [7, 11) is -3.71. The summed E-state index contributed by atoms with van der Waals surface area (Å²) in [6, 6.07) is 12.4. The van der Waals surface area contributed by atoms with Gasteiger partial charge in [0, 0.05) is 4.90 Å². The van der Waals surface area contributed by atoms with E-state index in [1.54, 1.807) is 11.8 Å². The standard InChI is InChI=1S/C17H18FN3O3S2/c1-25-16-9-3-13(4-10-16)11-19-20-17(22)12-21(26(2,23)24)15-7-5-14(18)6-8-15/h3-11H,12H2,1-2H3,(H,20,22)/b19-11-. The van der Waals surface area contributed by atoms with Crippen LogP contribution in [0.4, 0.5) is 10.1 Å². The van der Waals surface area contributed by atoms with E-state index >= 15 is 0 Å². The molecule has 0 unspecified atom stereocenters. The van der Waals surface area contributed by atoms with Crippen LogP contribution in [0.25, 0.3) is 0 Å². The smallest absolute Gasteiger partial charge is 0.260 e. The van der Waals surface area contributed by atoms with Crippen LogP contribution in [0.1, 0.15) is 5.56 Å². The second-order valence-corrected chi connectivity index (χ2v) is 8.10. The molecule has 0 spiro atoms. The molecular weight excluding hydrogens is 377 g/mol. The maximum atomic E-state index is 13.0. The highest BCUT2D eigenvalue weighted by Crippen LogP contribution is 2.17. The third-order valence-electron chi connectivity index (χ3n) is 3.32. The zero-order valence-corrected chi connectivity index (χ0v) is 15.8. The SMILES string of the molecule is CSc1ccc(/C=N\NC(=O)CN(c2ccc(F)cc2)S(C)(=O)=O)cc1. The molecule has 0 fully saturated rings. The Morgan fingerprint density at radius 2 is 1.81 bits per heavy atom. The van der Waals surface area contributed by atoms with E-state index in [0.29, 0.717) is 0 Å². The van der Waals surface area contributed by atoms with Crippen molar-refractivity contribution in [2.75, 3.05) is 23.4 Å². The van der Waals surface area contributed by atoms with Crippen molar-refractivity contribution in [3.63, 3.8) is 0 Å². The van der Waals surface area contributed by atoms with Crippen molar-refractivity contribution < 1.29 is 17.6 Å². The number of nitrogens with one attached hydrogen (secondary N) is 1. The molecule has 2 aromatic carbocycles. The summed E-state index contributed by atoms with van der Waals surface area (Å²) in [5.41, 5.74) is 3.28. The Labute approximate surface area is 156 Å². The summed E-state index contributed by atoms with van der Waals surface area (Å²) < 4.78 is 37.7. The average molecular weight is 395 g/mol. The number of carbonyl (C=O) groups excluding carboxylic acids is 1. The highest BCUT2D eigenvalue weighted by molar-refractivity contribution is 7.98. The number of benzene rings is 2. The van der Waals surface area contributed by atoms with Crippen molar-refractivity contribution in [2.24, 2.45) is 5.10 Å². The van der Waals surface area contributed by atoms with Crippen LogP contribution >= 0.6 is 11.8 Å². The van der Waals surface area contributed by atoms with Crippen molar-refractivity contribution in [3.8, 4) is 0 Å². The monoisotopic (exact) mass is 395 g/mol. The van der Waals surface area contributed by atoms with E-state index in [4.69, 9.17) is 0 Å². The van der Waals surface area contributed by atoms with Crippen LogP contribution in [-0.4, -0.2) is 39.6 Å². The summed E-state index contributed by atoms with van der Waals surface area (Å²) >= 11 is 1.61. The Hall–Kier alpha value is -2.39. The highest BCUT2D eigenvalue weighted by atomic mass is 32.2. The van der Waals surface area contributed by atoms with E-state index in [1.165, 1.54) is 18.3 Å². The van der Waals surface area contributed by atoms with Gasteiger partial charge in [0.2, 0.25) is 10.0 Å². The molecule has 1 N–H and O–H groups in total. The number of sulfonamides is 1. The van der Waals surface area contributed by atoms with Gasteiger partial charge in [-0.25, -0.2) is 18.2 Å². The Bertz CT molecular complexity index is 882. The molecule has 1 amide bonds. The number of thioether (sulfide) groups is 1. The minimum Gasteiger partial charge on any atom is -0.271 e. The van der Waals surface area contributed by atoms with Crippen molar-refractivity contribution in [3.05, 3.63) is 59.9 Å². The average Bonchev–Trinajstić information content (AvgIpc) is 2.60. The fraction of sp³-hybridized carbons (Fsp3) is 0.176. The molecule has 138 valence electrons. The second-order valence-electron chi connectivity index (χ2n) is 5.31. The molecule has 2 rings (SSSR count). The van der Waals surface area contributed by atoms with Gasteiger partial charge >= 0.3 is 0 Å². The Morgan fingerprint density at radius 3 is 2.35 bits per heavy atom. The molecule has 0 aliphatic rings. The van der Waals surface area contributed by atoms with Crippen molar-refractivity contribution in [1.82, 2.24) is 5.43 Å². The molecule has 0 aliphatic heterocycles. The summed E-state index contributed by atoms with van der Waals surface area (Å²) in [6.45, 7) is -0.465. The molecule has 9 heteroatoms. The first kappa shape index (κ1) is 19.9. The maximum absolute atomic E-state index is 13.0. The number of hydrogen-bond acceptors (Lipinski definition) is 5. The van der Waals surface area contributed by atoms with Crippen molar-refractivity contribution >= 4 is 39.6 Å². The molecule has 0 aliphatic carbocycles. The van der Waals surface area contributed by atoms with Gasteiger partial charge in [-0.05, 0) is 48.2 Å². The van der Waals surface area contributed by atoms with Gasteiger partial charge in [-0.3, -0.25) is 9.10 Å². The molecule has 26 heavy (non-hydrogen) atoms. The third kappa shape index (κ3) is 5.85. The van der Waals surface area contributed by atoms with Crippen LogP contribution in [0.3, 0.4) is 0 Å². The van der Waals surface area contributed by atoms with E-state index in [-0.39, 0.29) is 5.69 Å². The number of amides is 1. The van der Waals surface area contributed by atoms with Gasteiger partial charge in [0.1, 0.15) is 12.4 Å². The highest BCUT2D eigenvalue weighted by Gasteiger charge is 2.20. The Kier molecular flexibility index (Phi) is 6.76. The molecule has 0 bridgehead atoms. The number of nitrogens with zero attached hydrogens (tertiary/aromatic N) is 2. The molecule has 0 heterocycles. The maximum Gasteiger partial charge on any atom is 0.260 e. The first-order chi connectivity index (χ1) is 12.3. The van der Waals surface area contributed by atoms with Gasteiger partial charge in [-0.2, -0.15) is 5.10 Å². The van der Waals surface area contributed by atoms with E-state index in [2.05, 4.69) is 10.5 Å². The van der Waals surface area contributed by atoms with Gasteiger partial charge in [-0.1, -0.05) is 12.1 Å². The number of anilines is 1. The topological polar surface area (TPSA) is 78.8 Å². The minimum atomic E-state index is -3.71. The largest absolute Gasteiger partial charge is 0.271 e. The number of rotatable bonds is 7. The molecule has 0 atom stereocenters. The van der Waals surface area contributed by atoms with E-state index in [1.807, 2.05) is 30.5 Å². The summed E-state index contributed by atoms with van der Waals surface area (Å²) in [6.07, 6.45) is 4.41. The van der Waals surface area contributed by atoms with Crippen LogP contribution in [0.2, 0.25) is 0 Å². The molecular formula is C17H18FN3O3S2. The fourth-order valence-corrected chi connectivity index (χ4v) is 3.31. The van der Waals surface area contributed by atoms with Gasteiger partial charge < -0.3 is 0 Å². The summed E-state index contributed by atoms with van der Waals surface area (Å²) in [4.78, 5) is 13.1. The predicted molar refractivity (Wildman–Crippen MR) is 103 cm³/mol. The minimum absolute atomic E-state index is 0.195. The lowest BCUT2D eigenvalue weighted by molar-refractivity contribution is -0.119. The van der Waals surface area contributed by atoms with Gasteiger partial charge in [0.25, 0.3) is 5.91 Å². The predicted octanol–water partition coefficient (Wildman–Crippen LogP) is 2.46.